The van der Waals surface area contributed by atoms with Gasteiger partial charge in [0.2, 0.25) is 5.91 Å². The highest BCUT2D eigenvalue weighted by molar-refractivity contribution is 8.00. The largest absolute Gasteiger partial charge is 0.347 e. The van der Waals surface area contributed by atoms with Gasteiger partial charge in [-0.3, -0.25) is 4.79 Å². The van der Waals surface area contributed by atoms with Crippen LogP contribution in [0.15, 0.2) is 48.7 Å². The number of piperazine rings is 1. The van der Waals surface area contributed by atoms with Crippen LogP contribution in [0, 0.1) is 11.3 Å². The molecule has 2 aromatic rings. The molecule has 5 nitrogen and oxygen atoms in total. The predicted octanol–water partition coefficient (Wildman–Crippen LogP) is 3.63. The van der Waals surface area contributed by atoms with Crippen LogP contribution in [0.2, 0.25) is 0 Å². The van der Waals surface area contributed by atoms with Crippen LogP contribution in [0.1, 0.15) is 36.1 Å². The van der Waals surface area contributed by atoms with Gasteiger partial charge in [0, 0.05) is 36.6 Å². The number of hydrogen-bond donors (Lipinski definition) is 0. The molecule has 0 N–H and O–H groups in total. The van der Waals surface area contributed by atoms with E-state index in [4.69, 9.17) is 5.26 Å². The van der Waals surface area contributed by atoms with Gasteiger partial charge in [-0.05, 0) is 37.5 Å². The third kappa shape index (κ3) is 3.85. The lowest BCUT2D eigenvalue weighted by Crippen LogP contribution is -2.56. The number of hydrogen-bond acceptors (Lipinski definition) is 5. The van der Waals surface area contributed by atoms with Gasteiger partial charge in [0.1, 0.15) is 11.9 Å². The Kier molecular flexibility index (Phi) is 5.54. The molecular formula is C22H24N4OS. The molecule has 1 aromatic heterocycles. The summed E-state index contributed by atoms with van der Waals surface area (Å²) < 4.78 is 0. The first kappa shape index (κ1) is 18.8. The number of likely N-dealkylation sites (tertiary alicyclic amines) is 1. The van der Waals surface area contributed by atoms with Gasteiger partial charge < -0.3 is 9.80 Å². The van der Waals surface area contributed by atoms with E-state index in [2.05, 4.69) is 35.0 Å². The van der Waals surface area contributed by atoms with E-state index >= 15 is 0 Å². The summed E-state index contributed by atoms with van der Waals surface area (Å²) >= 11 is 1.71. The van der Waals surface area contributed by atoms with Crippen molar-refractivity contribution >= 4 is 23.5 Å². The topological polar surface area (TPSA) is 60.2 Å². The zero-order chi connectivity index (χ0) is 19.5. The summed E-state index contributed by atoms with van der Waals surface area (Å²) in [5, 5.41) is 9.27. The van der Waals surface area contributed by atoms with Crippen LogP contribution < -0.4 is 4.90 Å². The molecule has 3 heterocycles. The quantitative estimate of drug-likeness (QED) is 0.778. The Labute approximate surface area is 170 Å². The van der Waals surface area contributed by atoms with Crippen molar-refractivity contribution < 1.29 is 4.79 Å². The van der Waals surface area contributed by atoms with Crippen molar-refractivity contribution in [3.05, 3.63) is 59.8 Å². The standard InChI is InChI=1S/C22H24N4OS/c1-16(18-5-3-2-4-6-18)28-15-22(27)25-13-19-8-9-20(14-25)26(19)21-10-7-17(11-23)12-24-21/h2-7,10,12,16,19-20H,8-9,13-15H2,1H3. The third-order valence-electron chi connectivity index (χ3n) is 5.70. The third-order valence-corrected chi connectivity index (χ3v) is 6.89. The number of fused-ring (bicyclic) bond motifs is 2. The Morgan fingerprint density at radius 3 is 2.54 bits per heavy atom. The van der Waals surface area contributed by atoms with E-state index in [-0.39, 0.29) is 5.91 Å². The summed E-state index contributed by atoms with van der Waals surface area (Å²) in [5.41, 5.74) is 1.84. The number of carbonyl (C=O) groups is 1. The van der Waals surface area contributed by atoms with Gasteiger partial charge in [-0.25, -0.2) is 4.98 Å². The van der Waals surface area contributed by atoms with Gasteiger partial charge >= 0.3 is 0 Å². The molecule has 3 atom stereocenters. The minimum absolute atomic E-state index is 0.233. The molecule has 1 aromatic carbocycles. The maximum atomic E-state index is 12.8. The van der Waals surface area contributed by atoms with Crippen LogP contribution in [0.25, 0.3) is 0 Å². The van der Waals surface area contributed by atoms with Crippen molar-refractivity contribution in [2.24, 2.45) is 0 Å². The van der Waals surface area contributed by atoms with Crippen LogP contribution in [-0.4, -0.2) is 46.7 Å². The Balaban J connectivity index is 1.36. The summed E-state index contributed by atoms with van der Waals surface area (Å²) in [5.74, 6) is 1.67. The van der Waals surface area contributed by atoms with Crippen LogP contribution in [0.4, 0.5) is 5.82 Å². The monoisotopic (exact) mass is 392 g/mol. The Morgan fingerprint density at radius 1 is 1.21 bits per heavy atom. The first-order valence-corrected chi connectivity index (χ1v) is 10.8. The van der Waals surface area contributed by atoms with E-state index in [9.17, 15) is 4.79 Å². The molecule has 0 spiro atoms. The number of thioether (sulfide) groups is 1. The first-order chi connectivity index (χ1) is 13.7. The highest BCUT2D eigenvalue weighted by Gasteiger charge is 2.41. The minimum atomic E-state index is 0.233. The fourth-order valence-corrected chi connectivity index (χ4v) is 5.12. The molecule has 4 rings (SSSR count). The minimum Gasteiger partial charge on any atom is -0.347 e. The lowest BCUT2D eigenvalue weighted by molar-refractivity contribution is -0.129. The fraction of sp³-hybridized carbons (Fsp3) is 0.409. The Bertz CT molecular complexity index is 850. The molecule has 1 amide bonds. The van der Waals surface area contributed by atoms with Crippen LogP contribution in [0.5, 0.6) is 0 Å². The van der Waals surface area contributed by atoms with E-state index < -0.39 is 0 Å². The van der Waals surface area contributed by atoms with Crippen LogP contribution in [-0.2, 0) is 4.79 Å². The molecule has 2 fully saturated rings. The number of nitrogens with zero attached hydrogens (tertiary/aromatic N) is 4. The SMILES string of the molecule is CC(SCC(=O)N1CC2CCC(C1)N2c1ccc(C#N)cn1)c1ccccc1. The Morgan fingerprint density at radius 2 is 1.93 bits per heavy atom. The van der Waals surface area contributed by atoms with Gasteiger partial charge in [0.15, 0.2) is 0 Å². The molecule has 2 aliphatic rings. The normalized spacial score (nSPS) is 22.0. The van der Waals surface area contributed by atoms with Gasteiger partial charge in [-0.1, -0.05) is 30.3 Å². The van der Waals surface area contributed by atoms with Crippen molar-refractivity contribution in [2.75, 3.05) is 23.7 Å². The van der Waals surface area contributed by atoms with E-state index in [0.29, 0.717) is 28.6 Å². The summed E-state index contributed by atoms with van der Waals surface area (Å²) in [6.07, 6.45) is 3.81. The highest BCUT2D eigenvalue weighted by atomic mass is 32.2. The van der Waals surface area contributed by atoms with Crippen LogP contribution in [0.3, 0.4) is 0 Å². The summed E-state index contributed by atoms with van der Waals surface area (Å²) in [6.45, 7) is 3.68. The number of anilines is 1. The fourth-order valence-electron chi connectivity index (χ4n) is 4.19. The second-order valence-electron chi connectivity index (χ2n) is 7.47. The summed E-state index contributed by atoms with van der Waals surface area (Å²) in [6, 6.07) is 16.8. The van der Waals surface area contributed by atoms with Crippen molar-refractivity contribution in [3.63, 3.8) is 0 Å². The van der Waals surface area contributed by atoms with Gasteiger partial charge in [-0.15, -0.1) is 11.8 Å². The molecule has 6 heteroatoms. The van der Waals surface area contributed by atoms with Crippen molar-refractivity contribution in [1.82, 2.24) is 9.88 Å². The summed E-state index contributed by atoms with van der Waals surface area (Å²) in [4.78, 5) is 21.7. The molecule has 2 bridgehead atoms. The number of carbonyl (C=O) groups excluding carboxylic acids is 1. The number of benzene rings is 1. The van der Waals surface area contributed by atoms with E-state index in [1.54, 1.807) is 18.0 Å². The average molecular weight is 393 g/mol. The molecular weight excluding hydrogens is 368 g/mol. The van der Waals surface area contributed by atoms with Crippen molar-refractivity contribution in [2.45, 2.75) is 37.1 Å². The highest BCUT2D eigenvalue weighted by Crippen LogP contribution is 2.35. The van der Waals surface area contributed by atoms with Gasteiger partial charge in [0.05, 0.1) is 11.3 Å². The molecule has 2 saturated heterocycles. The zero-order valence-electron chi connectivity index (χ0n) is 16.0. The molecule has 0 aliphatic carbocycles. The lowest BCUT2D eigenvalue weighted by atomic mass is 10.1. The molecule has 144 valence electrons. The number of aromatic nitrogens is 1. The summed E-state index contributed by atoms with van der Waals surface area (Å²) in [7, 11) is 0. The number of rotatable bonds is 5. The van der Waals surface area contributed by atoms with E-state index in [1.807, 2.05) is 35.2 Å². The van der Waals surface area contributed by atoms with Crippen molar-refractivity contribution in [1.29, 1.82) is 5.26 Å². The zero-order valence-corrected chi connectivity index (χ0v) is 16.8. The molecule has 0 saturated carbocycles. The first-order valence-electron chi connectivity index (χ1n) is 9.74. The van der Waals surface area contributed by atoms with Crippen LogP contribution >= 0.6 is 11.8 Å². The van der Waals surface area contributed by atoms with Gasteiger partial charge in [-0.2, -0.15) is 5.26 Å². The number of amides is 1. The maximum absolute atomic E-state index is 12.8. The molecule has 0 radical (unpaired) electrons. The molecule has 2 aliphatic heterocycles. The second-order valence-corrected chi connectivity index (χ2v) is 8.80. The van der Waals surface area contributed by atoms with Gasteiger partial charge in [0.25, 0.3) is 0 Å². The second kappa shape index (κ2) is 8.24. The number of nitriles is 1. The van der Waals surface area contributed by atoms with E-state index in [0.717, 1.165) is 31.7 Å². The number of pyridine rings is 1. The van der Waals surface area contributed by atoms with E-state index in [1.165, 1.54) is 5.56 Å². The smallest absolute Gasteiger partial charge is 0.232 e. The lowest BCUT2D eigenvalue weighted by Gasteiger charge is -2.41. The van der Waals surface area contributed by atoms with Crippen molar-refractivity contribution in [3.8, 4) is 6.07 Å². The average Bonchev–Trinajstić information content (AvgIpc) is 3.01. The predicted molar refractivity (Wildman–Crippen MR) is 112 cm³/mol. The molecule has 3 unspecified atom stereocenters. The molecule has 28 heavy (non-hydrogen) atoms. The maximum Gasteiger partial charge on any atom is 0.232 e. The Hall–Kier alpha value is -2.52.